The number of carbonyl (C=O) groups is 1. The number of carbonyl (C=O) groups excluding carboxylic acids is 1. The average Bonchev–Trinajstić information content (AvgIpc) is 2.39. The van der Waals surface area contributed by atoms with Crippen molar-refractivity contribution in [3.63, 3.8) is 0 Å². The summed E-state index contributed by atoms with van der Waals surface area (Å²) < 4.78 is 0.649. The Bertz CT molecular complexity index is 577. The molecule has 1 amide bonds. The first-order valence-corrected chi connectivity index (χ1v) is 6.16. The maximum absolute atomic E-state index is 12.0. The van der Waals surface area contributed by atoms with E-state index in [9.17, 15) is 10.0 Å². The fourth-order valence-electron chi connectivity index (χ4n) is 1.74. The molecule has 1 aromatic carbocycles. The fourth-order valence-corrected chi connectivity index (χ4v) is 1.74. The molecule has 19 heavy (non-hydrogen) atoms. The molecule has 0 saturated carbocycles. The molecule has 2 aromatic rings. The van der Waals surface area contributed by atoms with Crippen LogP contribution in [0.1, 0.15) is 35.7 Å². The van der Waals surface area contributed by atoms with Gasteiger partial charge in [-0.05, 0) is 23.6 Å². The van der Waals surface area contributed by atoms with E-state index in [1.807, 2.05) is 24.3 Å². The number of amides is 1. The monoisotopic (exact) mass is 256 g/mol. The second kappa shape index (κ2) is 5.52. The molecule has 0 saturated heterocycles. The van der Waals surface area contributed by atoms with E-state index in [1.165, 1.54) is 30.1 Å². The van der Waals surface area contributed by atoms with Crippen molar-refractivity contribution in [2.24, 2.45) is 0 Å². The van der Waals surface area contributed by atoms with Crippen molar-refractivity contribution in [3.05, 3.63) is 65.1 Å². The summed E-state index contributed by atoms with van der Waals surface area (Å²) in [6.07, 6.45) is 2.61. The topological polar surface area (TPSA) is 56.0 Å². The van der Waals surface area contributed by atoms with E-state index < -0.39 is 0 Å². The molecule has 0 bridgehead atoms. The van der Waals surface area contributed by atoms with Crippen LogP contribution >= 0.6 is 0 Å². The first-order valence-electron chi connectivity index (χ1n) is 6.16. The zero-order chi connectivity index (χ0) is 13.8. The van der Waals surface area contributed by atoms with E-state index in [4.69, 9.17) is 0 Å². The third-order valence-electron chi connectivity index (χ3n) is 2.88. The molecule has 0 radical (unpaired) electrons. The Morgan fingerprint density at radius 3 is 2.53 bits per heavy atom. The predicted molar refractivity (Wildman–Crippen MR) is 73.9 cm³/mol. The lowest BCUT2D eigenvalue weighted by molar-refractivity contribution is -0.605. The van der Waals surface area contributed by atoms with Crippen LogP contribution in [0.2, 0.25) is 0 Å². The first-order chi connectivity index (χ1) is 9.06. The number of benzene rings is 1. The van der Waals surface area contributed by atoms with Crippen LogP contribution in [0.5, 0.6) is 0 Å². The van der Waals surface area contributed by atoms with Crippen LogP contribution in [-0.4, -0.2) is 5.91 Å². The van der Waals surface area contributed by atoms with Crippen LogP contribution < -0.4 is 10.0 Å². The molecule has 0 aliphatic heterocycles. The number of rotatable bonds is 3. The van der Waals surface area contributed by atoms with Gasteiger partial charge < -0.3 is 10.5 Å². The smallest absolute Gasteiger partial charge is 0.256 e. The van der Waals surface area contributed by atoms with Gasteiger partial charge in [0, 0.05) is 17.8 Å². The van der Waals surface area contributed by atoms with Crippen molar-refractivity contribution in [1.82, 2.24) is 0 Å². The molecule has 0 unspecified atom stereocenters. The van der Waals surface area contributed by atoms with Crippen LogP contribution in [-0.2, 0) is 0 Å². The molecule has 1 aromatic heterocycles. The number of pyridine rings is 1. The lowest BCUT2D eigenvalue weighted by Gasteiger charge is -2.09. The van der Waals surface area contributed by atoms with Gasteiger partial charge >= 0.3 is 0 Å². The molecule has 4 heteroatoms. The highest BCUT2D eigenvalue weighted by molar-refractivity contribution is 6.04. The van der Waals surface area contributed by atoms with Gasteiger partial charge in [0.05, 0.1) is 5.56 Å². The van der Waals surface area contributed by atoms with Gasteiger partial charge in [-0.15, -0.1) is 0 Å². The second-order valence-electron chi connectivity index (χ2n) is 4.68. The molecular formula is C15H16N2O2. The van der Waals surface area contributed by atoms with Crippen molar-refractivity contribution in [2.45, 2.75) is 19.8 Å². The van der Waals surface area contributed by atoms with Gasteiger partial charge in [-0.25, -0.2) is 0 Å². The zero-order valence-corrected chi connectivity index (χ0v) is 11.0. The average molecular weight is 256 g/mol. The van der Waals surface area contributed by atoms with Gasteiger partial charge in [0.15, 0.2) is 12.4 Å². The van der Waals surface area contributed by atoms with Crippen LogP contribution in [0.3, 0.4) is 0 Å². The largest absolute Gasteiger partial charge is 0.619 e. The first kappa shape index (κ1) is 13.1. The minimum atomic E-state index is -0.221. The third-order valence-corrected chi connectivity index (χ3v) is 2.88. The summed E-state index contributed by atoms with van der Waals surface area (Å²) in [7, 11) is 0. The normalized spacial score (nSPS) is 10.5. The Balaban J connectivity index is 2.14. The second-order valence-corrected chi connectivity index (χ2v) is 4.68. The maximum atomic E-state index is 12.0. The molecule has 0 fully saturated rings. The number of nitrogens with zero attached hydrogens (tertiary/aromatic N) is 1. The Labute approximate surface area is 112 Å². The molecular weight excluding hydrogens is 240 g/mol. The van der Waals surface area contributed by atoms with Crippen molar-refractivity contribution < 1.29 is 9.52 Å². The number of aromatic nitrogens is 1. The van der Waals surface area contributed by atoms with E-state index in [-0.39, 0.29) is 5.91 Å². The fraction of sp³-hybridized carbons (Fsp3) is 0.200. The van der Waals surface area contributed by atoms with Crippen LogP contribution in [0.15, 0.2) is 48.8 Å². The highest BCUT2D eigenvalue weighted by Gasteiger charge is 2.08. The highest BCUT2D eigenvalue weighted by atomic mass is 16.5. The van der Waals surface area contributed by atoms with E-state index in [0.29, 0.717) is 16.2 Å². The number of hydrogen-bond acceptors (Lipinski definition) is 2. The Hall–Kier alpha value is -2.36. The Morgan fingerprint density at radius 1 is 1.21 bits per heavy atom. The lowest BCUT2D eigenvalue weighted by atomic mass is 10.0. The summed E-state index contributed by atoms with van der Waals surface area (Å²) in [6.45, 7) is 4.20. The van der Waals surface area contributed by atoms with Gasteiger partial charge in [0.1, 0.15) is 0 Å². The zero-order valence-electron chi connectivity index (χ0n) is 11.0. The Morgan fingerprint density at radius 2 is 1.89 bits per heavy atom. The summed E-state index contributed by atoms with van der Waals surface area (Å²) in [4.78, 5) is 12.0. The SMILES string of the molecule is CC(C)c1cccc(NC(=O)c2cc[n+]([O-])cc2)c1. The molecule has 98 valence electrons. The van der Waals surface area contributed by atoms with Crippen molar-refractivity contribution >= 4 is 11.6 Å². The summed E-state index contributed by atoms with van der Waals surface area (Å²) in [5.41, 5.74) is 2.39. The molecule has 2 rings (SSSR count). The number of hydrogen-bond donors (Lipinski definition) is 1. The van der Waals surface area contributed by atoms with Gasteiger partial charge in [0.2, 0.25) is 0 Å². The minimum absolute atomic E-state index is 0.221. The quantitative estimate of drug-likeness (QED) is 0.678. The molecule has 1 heterocycles. The summed E-state index contributed by atoms with van der Waals surface area (Å²) in [6, 6.07) is 10.7. The van der Waals surface area contributed by atoms with Crippen molar-refractivity contribution in [2.75, 3.05) is 5.32 Å². The molecule has 4 nitrogen and oxygen atoms in total. The Kier molecular flexibility index (Phi) is 3.80. The maximum Gasteiger partial charge on any atom is 0.256 e. The summed E-state index contributed by atoms with van der Waals surface area (Å²) in [5.74, 6) is 0.189. The highest BCUT2D eigenvalue weighted by Crippen LogP contribution is 2.18. The molecule has 0 aliphatic rings. The molecule has 0 spiro atoms. The molecule has 0 aliphatic carbocycles. The van der Waals surface area contributed by atoms with Gasteiger partial charge in [-0.1, -0.05) is 26.0 Å². The van der Waals surface area contributed by atoms with Crippen molar-refractivity contribution in [3.8, 4) is 0 Å². The minimum Gasteiger partial charge on any atom is -0.619 e. The van der Waals surface area contributed by atoms with Crippen LogP contribution in [0.25, 0.3) is 0 Å². The van der Waals surface area contributed by atoms with Crippen LogP contribution in [0.4, 0.5) is 5.69 Å². The third kappa shape index (κ3) is 3.31. The van der Waals surface area contributed by atoms with Gasteiger partial charge in [0.25, 0.3) is 5.91 Å². The van der Waals surface area contributed by atoms with E-state index in [0.717, 1.165) is 5.69 Å². The molecule has 1 N–H and O–H groups in total. The number of anilines is 1. The number of nitrogens with one attached hydrogen (secondary N) is 1. The van der Waals surface area contributed by atoms with Crippen LogP contribution in [0, 0.1) is 5.21 Å². The van der Waals surface area contributed by atoms with Crippen molar-refractivity contribution in [1.29, 1.82) is 0 Å². The van der Waals surface area contributed by atoms with E-state index in [2.05, 4.69) is 19.2 Å². The standard InChI is InChI=1S/C15H16N2O2/c1-11(2)13-4-3-5-14(10-13)16-15(18)12-6-8-17(19)9-7-12/h3-11H,1-2H3,(H,16,18). The lowest BCUT2D eigenvalue weighted by Crippen LogP contribution is -2.25. The van der Waals surface area contributed by atoms with E-state index >= 15 is 0 Å². The van der Waals surface area contributed by atoms with Gasteiger partial charge in [-0.2, -0.15) is 4.73 Å². The summed E-state index contributed by atoms with van der Waals surface area (Å²) in [5, 5.41) is 13.7. The summed E-state index contributed by atoms with van der Waals surface area (Å²) >= 11 is 0. The van der Waals surface area contributed by atoms with E-state index in [1.54, 1.807) is 0 Å². The van der Waals surface area contributed by atoms with Gasteiger partial charge in [-0.3, -0.25) is 4.79 Å². The molecule has 0 atom stereocenters. The predicted octanol–water partition coefficient (Wildman–Crippen LogP) is 2.70.